The summed E-state index contributed by atoms with van der Waals surface area (Å²) in [7, 11) is 4.74. The molecule has 0 atom stereocenters. The number of halogens is 1. The number of hydrogen-bond donors (Lipinski definition) is 1. The molecule has 12 nitrogen and oxygen atoms in total. The van der Waals surface area contributed by atoms with Gasteiger partial charge in [0.15, 0.2) is 0 Å². The Morgan fingerprint density at radius 2 is 1.77 bits per heavy atom. The molecule has 5 rings (SSSR count). The van der Waals surface area contributed by atoms with Gasteiger partial charge in [-0.05, 0) is 47.4 Å². The monoisotopic (exact) mass is 639 g/mol. The van der Waals surface area contributed by atoms with Crippen molar-refractivity contribution in [2.24, 2.45) is 7.05 Å². The van der Waals surface area contributed by atoms with Crippen LogP contribution in [0, 0.1) is 5.82 Å². The normalized spacial score (nSPS) is 11.4. The van der Waals surface area contributed by atoms with Crippen LogP contribution in [0.3, 0.4) is 0 Å². The smallest absolute Gasteiger partial charge is 0.302 e. The van der Waals surface area contributed by atoms with Gasteiger partial charge in [-0.15, -0.1) is 0 Å². The molecule has 0 aliphatic rings. The zero-order chi connectivity index (χ0) is 34.2. The molecule has 242 valence electrons. The number of carbonyl (C=O) groups is 2. The fourth-order valence-corrected chi connectivity index (χ4v) is 5.00. The van der Waals surface area contributed by atoms with Gasteiger partial charge in [-0.3, -0.25) is 19.2 Å². The number of anilines is 2. The highest BCUT2D eigenvalue weighted by atomic mass is 19.1. The van der Waals surface area contributed by atoms with Crippen LogP contribution in [0.5, 0.6) is 0 Å². The van der Waals surface area contributed by atoms with E-state index in [9.17, 15) is 19.2 Å². The highest BCUT2D eigenvalue weighted by Gasteiger charge is 2.22. The maximum absolute atomic E-state index is 15.5. The first-order valence-electron chi connectivity index (χ1n) is 14.7. The number of hydrogen-bond acceptors (Lipinski definition) is 9. The Hall–Kier alpha value is -5.72. The minimum absolute atomic E-state index is 0.123. The molecule has 0 aliphatic heterocycles. The number of nitrogens with one attached hydrogen (secondary N) is 1. The van der Waals surface area contributed by atoms with Crippen LogP contribution in [0.4, 0.5) is 15.9 Å². The summed E-state index contributed by atoms with van der Waals surface area (Å²) in [6.07, 6.45) is 2.83. The van der Waals surface area contributed by atoms with Crippen molar-refractivity contribution in [3.63, 3.8) is 0 Å². The predicted molar refractivity (Wildman–Crippen MR) is 175 cm³/mol. The van der Waals surface area contributed by atoms with E-state index >= 15 is 4.39 Å². The van der Waals surface area contributed by atoms with Crippen molar-refractivity contribution in [1.29, 1.82) is 0 Å². The largest absolute Gasteiger partial charge is 0.461 e. The van der Waals surface area contributed by atoms with Gasteiger partial charge in [0.1, 0.15) is 23.9 Å². The van der Waals surface area contributed by atoms with Gasteiger partial charge < -0.3 is 15.0 Å². The summed E-state index contributed by atoms with van der Waals surface area (Å²) in [5.74, 6) is -1.14. The second kappa shape index (κ2) is 12.6. The second-order valence-electron chi connectivity index (χ2n) is 12.2. The van der Waals surface area contributed by atoms with Crippen LogP contribution in [0.1, 0.15) is 49.2 Å². The number of nitrogens with zero attached hydrogens (tertiary/aromatic N) is 6. The number of ether oxygens (including phenoxy) is 1. The zero-order valence-electron chi connectivity index (χ0n) is 27.1. The molecule has 1 N–H and O–H groups in total. The minimum atomic E-state index is -0.695. The number of rotatable bonds is 7. The molecule has 47 heavy (non-hydrogen) atoms. The lowest BCUT2D eigenvalue weighted by molar-refractivity contribution is -0.142. The van der Waals surface area contributed by atoms with Gasteiger partial charge in [-0.1, -0.05) is 32.9 Å². The van der Waals surface area contributed by atoms with E-state index < -0.39 is 22.9 Å². The zero-order valence-corrected chi connectivity index (χ0v) is 27.1. The molecular formula is C34H34FN7O5. The second-order valence-corrected chi connectivity index (χ2v) is 12.2. The molecule has 0 radical (unpaired) electrons. The van der Waals surface area contributed by atoms with E-state index in [0.29, 0.717) is 33.6 Å². The lowest BCUT2D eigenvalue weighted by atomic mass is 9.86. The predicted octanol–water partition coefficient (Wildman–Crippen LogP) is 4.49. The number of benzene rings is 2. The van der Waals surface area contributed by atoms with Gasteiger partial charge in [0.05, 0.1) is 28.5 Å². The summed E-state index contributed by atoms with van der Waals surface area (Å²) in [5.41, 5.74) is 1.04. The minimum Gasteiger partial charge on any atom is -0.461 e. The Balaban J connectivity index is 1.63. The van der Waals surface area contributed by atoms with Gasteiger partial charge in [0.25, 0.3) is 17.0 Å². The SMILES string of the molecule is CC(=O)OCc1c(-c2cc(Nc3ccc(C(=O)N(C)C)cn3)c(=O)n(C)n2)cccc1-n1ncc2cc(C(C)(C)C)cc(F)c2c1=O. The van der Waals surface area contributed by atoms with Crippen LogP contribution in [-0.2, 0) is 28.6 Å². The Morgan fingerprint density at radius 3 is 2.40 bits per heavy atom. The van der Waals surface area contributed by atoms with Gasteiger partial charge in [0, 0.05) is 50.8 Å². The van der Waals surface area contributed by atoms with E-state index in [1.165, 1.54) is 43.4 Å². The third kappa shape index (κ3) is 6.64. The molecule has 0 spiro atoms. The Labute approximate surface area is 269 Å². The van der Waals surface area contributed by atoms with E-state index in [0.717, 1.165) is 14.9 Å². The Bertz CT molecular complexity index is 2150. The number of aromatic nitrogens is 5. The molecule has 0 fully saturated rings. The standard InChI is InChI=1S/C34H34FN7O5/c1-19(43)47-18-24-23(26-15-27(32(45)41(7)39-26)38-29-12-11-20(16-36-29)31(44)40(5)6)9-8-10-28(24)42-33(46)30-21(17-37-42)13-22(14-25(30)35)34(2,3)4/h8-17H,18H2,1-7H3,(H,36,38). The van der Waals surface area contributed by atoms with Crippen molar-refractivity contribution >= 4 is 34.2 Å². The molecule has 2 aromatic carbocycles. The molecule has 3 heterocycles. The third-order valence-corrected chi connectivity index (χ3v) is 7.52. The van der Waals surface area contributed by atoms with Crippen LogP contribution in [-0.4, -0.2) is 55.4 Å². The van der Waals surface area contributed by atoms with Gasteiger partial charge in [0.2, 0.25) is 0 Å². The third-order valence-electron chi connectivity index (χ3n) is 7.52. The lowest BCUT2D eigenvalue weighted by Gasteiger charge is -2.20. The van der Waals surface area contributed by atoms with Crippen molar-refractivity contribution in [3.05, 3.63) is 104 Å². The summed E-state index contributed by atoms with van der Waals surface area (Å²) in [5, 5.41) is 12.0. The molecule has 13 heteroatoms. The number of pyridine rings is 1. The summed E-state index contributed by atoms with van der Waals surface area (Å²) in [6.45, 7) is 6.83. The first-order chi connectivity index (χ1) is 22.1. The van der Waals surface area contributed by atoms with E-state index in [2.05, 4.69) is 20.5 Å². The molecule has 1 amide bonds. The maximum Gasteiger partial charge on any atom is 0.302 e. The van der Waals surface area contributed by atoms with Gasteiger partial charge >= 0.3 is 5.97 Å². The van der Waals surface area contributed by atoms with E-state index in [1.54, 1.807) is 50.5 Å². The van der Waals surface area contributed by atoms with Crippen molar-refractivity contribution in [2.45, 2.75) is 39.7 Å². The molecular weight excluding hydrogens is 605 g/mol. The number of esters is 1. The highest BCUT2D eigenvalue weighted by Crippen LogP contribution is 2.30. The quantitative estimate of drug-likeness (QED) is 0.255. The molecule has 0 aliphatic carbocycles. The van der Waals surface area contributed by atoms with Gasteiger partial charge in [-0.2, -0.15) is 14.9 Å². The molecule has 0 saturated carbocycles. The topological polar surface area (TPSA) is 141 Å². The van der Waals surface area contributed by atoms with Crippen LogP contribution >= 0.6 is 0 Å². The average Bonchev–Trinajstić information content (AvgIpc) is 3.01. The van der Waals surface area contributed by atoms with Crippen molar-refractivity contribution < 1.29 is 18.7 Å². The number of carbonyl (C=O) groups excluding carboxylic acids is 2. The summed E-state index contributed by atoms with van der Waals surface area (Å²) in [4.78, 5) is 56.7. The highest BCUT2D eigenvalue weighted by molar-refractivity contribution is 5.93. The van der Waals surface area contributed by atoms with Crippen molar-refractivity contribution in [3.8, 4) is 16.9 Å². The summed E-state index contributed by atoms with van der Waals surface area (Å²) < 4.78 is 23.0. The Morgan fingerprint density at radius 1 is 1.02 bits per heavy atom. The first-order valence-corrected chi connectivity index (χ1v) is 14.7. The molecule has 3 aromatic heterocycles. The summed E-state index contributed by atoms with van der Waals surface area (Å²) in [6, 6.07) is 12.7. The first kappa shape index (κ1) is 32.7. The molecule has 0 saturated heterocycles. The van der Waals surface area contributed by atoms with Crippen LogP contribution in [0.25, 0.3) is 27.7 Å². The maximum atomic E-state index is 15.5. The average molecular weight is 640 g/mol. The number of aryl methyl sites for hydroxylation is 1. The Kier molecular flexibility index (Phi) is 8.75. The summed E-state index contributed by atoms with van der Waals surface area (Å²) >= 11 is 0. The van der Waals surface area contributed by atoms with E-state index in [1.807, 2.05) is 20.8 Å². The van der Waals surface area contributed by atoms with E-state index in [-0.39, 0.29) is 34.7 Å². The lowest BCUT2D eigenvalue weighted by Crippen LogP contribution is -2.25. The van der Waals surface area contributed by atoms with Crippen molar-refractivity contribution in [2.75, 3.05) is 19.4 Å². The molecule has 0 unspecified atom stereocenters. The van der Waals surface area contributed by atoms with E-state index in [4.69, 9.17) is 4.74 Å². The number of amides is 1. The fraction of sp³-hybridized carbons (Fsp3) is 0.265. The fourth-order valence-electron chi connectivity index (χ4n) is 5.00. The number of fused-ring (bicyclic) bond motifs is 1. The van der Waals surface area contributed by atoms with Crippen LogP contribution < -0.4 is 16.4 Å². The van der Waals surface area contributed by atoms with Crippen molar-refractivity contribution in [1.82, 2.24) is 29.4 Å². The molecule has 0 bridgehead atoms. The van der Waals surface area contributed by atoms with Crippen LogP contribution in [0.15, 0.2) is 70.5 Å². The van der Waals surface area contributed by atoms with Crippen LogP contribution in [0.2, 0.25) is 0 Å². The van der Waals surface area contributed by atoms with Gasteiger partial charge in [-0.25, -0.2) is 14.1 Å². The molecule has 5 aromatic rings.